The number of hydrogen-bond acceptors (Lipinski definition) is 4. The number of nitrogens with zero attached hydrogens (tertiary/aromatic N) is 1. The maximum absolute atomic E-state index is 11.2. The van der Waals surface area contributed by atoms with Gasteiger partial charge in [0.25, 0.3) is 0 Å². The molecule has 1 aromatic rings. The van der Waals surface area contributed by atoms with E-state index in [1.54, 1.807) is 0 Å². The second-order valence-electron chi connectivity index (χ2n) is 7.10. The molecular formula is C20H27NO2S2. The molecule has 136 valence electrons. The lowest BCUT2D eigenvalue weighted by atomic mass is 9.96. The number of piperidine rings is 1. The summed E-state index contributed by atoms with van der Waals surface area (Å²) in [5, 5.41) is 14.2. The van der Waals surface area contributed by atoms with Crippen molar-refractivity contribution in [2.45, 2.75) is 38.4 Å². The number of aryl methyl sites for hydroxylation is 1. The largest absolute Gasteiger partial charge is 0.481 e. The molecule has 0 bridgehead atoms. The van der Waals surface area contributed by atoms with Gasteiger partial charge in [0.1, 0.15) is 0 Å². The fourth-order valence-electron chi connectivity index (χ4n) is 3.70. The SMILES string of the molecule is Cc1ccsc1/C(=C\CCN1CCC[C@@H](C(=O)O)C1)C1SC=CC1C. The fourth-order valence-corrected chi connectivity index (χ4v) is 5.99. The van der Waals surface area contributed by atoms with Crippen LogP contribution in [0.2, 0.25) is 0 Å². The van der Waals surface area contributed by atoms with Crippen LogP contribution in [0.25, 0.3) is 5.57 Å². The zero-order valence-corrected chi connectivity index (χ0v) is 16.6. The zero-order valence-electron chi connectivity index (χ0n) is 15.0. The molecule has 0 radical (unpaired) electrons. The summed E-state index contributed by atoms with van der Waals surface area (Å²) in [6.45, 7) is 7.17. The highest BCUT2D eigenvalue weighted by Gasteiger charge is 2.27. The van der Waals surface area contributed by atoms with Crippen LogP contribution in [-0.4, -0.2) is 40.9 Å². The average molecular weight is 378 g/mol. The molecule has 3 rings (SSSR count). The van der Waals surface area contributed by atoms with Crippen LogP contribution in [0, 0.1) is 18.8 Å². The van der Waals surface area contributed by atoms with Crippen molar-refractivity contribution >= 4 is 34.6 Å². The number of thioether (sulfide) groups is 1. The second-order valence-corrected chi connectivity index (χ2v) is 9.07. The first-order chi connectivity index (χ1) is 12.1. The van der Waals surface area contributed by atoms with Crippen LogP contribution in [-0.2, 0) is 4.79 Å². The Hall–Kier alpha value is -1.04. The molecule has 1 saturated heterocycles. The Labute approximate surface area is 158 Å². The van der Waals surface area contributed by atoms with Gasteiger partial charge in [0.05, 0.1) is 5.92 Å². The van der Waals surface area contributed by atoms with Crippen molar-refractivity contribution in [3.05, 3.63) is 39.4 Å². The molecule has 3 nitrogen and oxygen atoms in total. The second kappa shape index (κ2) is 8.56. The summed E-state index contributed by atoms with van der Waals surface area (Å²) in [5.74, 6) is -0.270. The number of aliphatic carboxylic acids is 1. The Morgan fingerprint density at radius 3 is 2.96 bits per heavy atom. The van der Waals surface area contributed by atoms with E-state index in [1.807, 2.05) is 23.1 Å². The number of hydrogen-bond donors (Lipinski definition) is 1. The van der Waals surface area contributed by atoms with E-state index in [4.69, 9.17) is 0 Å². The van der Waals surface area contributed by atoms with Gasteiger partial charge in [-0.3, -0.25) is 4.79 Å². The number of carboxylic acids is 1. The molecule has 25 heavy (non-hydrogen) atoms. The highest BCUT2D eigenvalue weighted by Crippen LogP contribution is 2.41. The predicted octanol–water partition coefficient (Wildman–Crippen LogP) is 4.89. The molecule has 2 unspecified atom stereocenters. The Morgan fingerprint density at radius 2 is 2.32 bits per heavy atom. The van der Waals surface area contributed by atoms with Gasteiger partial charge in [-0.05, 0) is 66.6 Å². The van der Waals surface area contributed by atoms with Crippen molar-refractivity contribution in [1.29, 1.82) is 0 Å². The predicted molar refractivity (Wildman–Crippen MR) is 108 cm³/mol. The van der Waals surface area contributed by atoms with E-state index in [2.05, 4.69) is 47.8 Å². The molecule has 0 saturated carbocycles. The Kier molecular flexibility index (Phi) is 6.42. The highest BCUT2D eigenvalue weighted by molar-refractivity contribution is 8.03. The first-order valence-electron chi connectivity index (χ1n) is 9.08. The van der Waals surface area contributed by atoms with Crippen LogP contribution in [0.3, 0.4) is 0 Å². The molecule has 5 heteroatoms. The lowest BCUT2D eigenvalue weighted by Crippen LogP contribution is -2.39. The van der Waals surface area contributed by atoms with Crippen LogP contribution in [0.5, 0.6) is 0 Å². The van der Waals surface area contributed by atoms with Gasteiger partial charge >= 0.3 is 5.97 Å². The van der Waals surface area contributed by atoms with Gasteiger partial charge in [-0.2, -0.15) is 0 Å². The monoisotopic (exact) mass is 377 g/mol. The fraction of sp³-hybridized carbons (Fsp3) is 0.550. The molecule has 0 amide bonds. The highest BCUT2D eigenvalue weighted by atomic mass is 32.2. The normalized spacial score (nSPS) is 27.8. The summed E-state index contributed by atoms with van der Waals surface area (Å²) in [5.41, 5.74) is 2.82. The van der Waals surface area contributed by atoms with Gasteiger partial charge in [-0.1, -0.05) is 19.1 Å². The summed E-state index contributed by atoms with van der Waals surface area (Å²) >= 11 is 3.76. The number of rotatable bonds is 6. The number of likely N-dealkylation sites (tertiary alicyclic amines) is 1. The van der Waals surface area contributed by atoms with E-state index in [-0.39, 0.29) is 5.92 Å². The lowest BCUT2D eigenvalue weighted by molar-refractivity contribution is -0.143. The Morgan fingerprint density at radius 1 is 1.48 bits per heavy atom. The van der Waals surface area contributed by atoms with Crippen LogP contribution >= 0.6 is 23.1 Å². The first kappa shape index (κ1) is 18.7. The molecule has 2 aliphatic heterocycles. The third-order valence-electron chi connectivity index (χ3n) is 5.18. The maximum atomic E-state index is 11.2. The number of carboxylic acid groups (broad SMARTS) is 1. The quantitative estimate of drug-likeness (QED) is 0.766. The molecule has 1 N–H and O–H groups in total. The van der Waals surface area contributed by atoms with E-state index in [0.29, 0.717) is 17.7 Å². The third kappa shape index (κ3) is 4.57. The van der Waals surface area contributed by atoms with Crippen LogP contribution in [0.15, 0.2) is 29.0 Å². The zero-order chi connectivity index (χ0) is 17.8. The van der Waals surface area contributed by atoms with Crippen LogP contribution in [0.4, 0.5) is 0 Å². The minimum atomic E-state index is -0.641. The number of allylic oxidation sites excluding steroid dienone is 1. The molecule has 0 aliphatic carbocycles. The van der Waals surface area contributed by atoms with Crippen molar-refractivity contribution in [1.82, 2.24) is 4.90 Å². The molecule has 0 spiro atoms. The van der Waals surface area contributed by atoms with E-state index < -0.39 is 5.97 Å². The van der Waals surface area contributed by atoms with Gasteiger partial charge in [0.2, 0.25) is 0 Å². The van der Waals surface area contributed by atoms with Crippen LogP contribution in [0.1, 0.15) is 36.6 Å². The van der Waals surface area contributed by atoms with Crippen molar-refractivity contribution in [3.8, 4) is 0 Å². The number of carbonyl (C=O) groups is 1. The molecule has 1 fully saturated rings. The first-order valence-corrected chi connectivity index (χ1v) is 10.9. The van der Waals surface area contributed by atoms with E-state index in [1.165, 1.54) is 16.0 Å². The van der Waals surface area contributed by atoms with E-state index in [9.17, 15) is 9.90 Å². The Balaban J connectivity index is 1.67. The average Bonchev–Trinajstić information content (AvgIpc) is 3.21. The summed E-state index contributed by atoms with van der Waals surface area (Å²) in [4.78, 5) is 15.0. The van der Waals surface area contributed by atoms with Crippen molar-refractivity contribution in [2.24, 2.45) is 11.8 Å². The molecule has 3 heterocycles. The Bertz CT molecular complexity index is 664. The van der Waals surface area contributed by atoms with Gasteiger partial charge in [0.15, 0.2) is 0 Å². The minimum Gasteiger partial charge on any atom is -0.481 e. The minimum absolute atomic E-state index is 0.189. The van der Waals surface area contributed by atoms with Gasteiger partial charge < -0.3 is 10.0 Å². The van der Waals surface area contributed by atoms with E-state index in [0.717, 1.165) is 32.4 Å². The smallest absolute Gasteiger partial charge is 0.307 e. The van der Waals surface area contributed by atoms with Crippen molar-refractivity contribution < 1.29 is 9.90 Å². The topological polar surface area (TPSA) is 40.5 Å². The summed E-state index contributed by atoms with van der Waals surface area (Å²) < 4.78 is 0. The summed E-state index contributed by atoms with van der Waals surface area (Å²) in [7, 11) is 0. The number of thiophene rings is 1. The molecular weight excluding hydrogens is 350 g/mol. The summed E-state index contributed by atoms with van der Waals surface area (Å²) in [6.07, 6.45) is 7.52. The maximum Gasteiger partial charge on any atom is 0.307 e. The van der Waals surface area contributed by atoms with Gasteiger partial charge in [-0.15, -0.1) is 23.1 Å². The van der Waals surface area contributed by atoms with Gasteiger partial charge in [0, 0.05) is 23.2 Å². The van der Waals surface area contributed by atoms with Gasteiger partial charge in [-0.25, -0.2) is 0 Å². The van der Waals surface area contributed by atoms with Crippen molar-refractivity contribution in [3.63, 3.8) is 0 Å². The third-order valence-corrected chi connectivity index (χ3v) is 7.54. The molecule has 3 atom stereocenters. The molecule has 2 aliphatic rings. The van der Waals surface area contributed by atoms with Crippen LogP contribution < -0.4 is 0 Å². The standard InChI is InChI=1S/C20H27NO2S2/c1-14-7-11-24-18(14)17(19-15(2)8-12-25-19)6-4-10-21-9-3-5-16(13-21)20(22)23/h6-8,11-12,14,16,18H,3-5,9-10,13H2,1-2H3,(H,22,23)/b17-6-/t14?,16-,18?/m1/s1. The van der Waals surface area contributed by atoms with Crippen molar-refractivity contribution in [2.75, 3.05) is 19.6 Å². The molecule has 0 aromatic carbocycles. The lowest BCUT2D eigenvalue weighted by Gasteiger charge is -2.30. The molecule has 1 aromatic heterocycles. The van der Waals surface area contributed by atoms with E-state index >= 15 is 0 Å². The summed E-state index contributed by atoms with van der Waals surface area (Å²) in [6, 6.07) is 2.20.